The molecule has 0 bridgehead atoms. The van der Waals surface area contributed by atoms with E-state index in [9.17, 15) is 9.18 Å². The van der Waals surface area contributed by atoms with Gasteiger partial charge in [0.05, 0.1) is 5.92 Å². The van der Waals surface area contributed by atoms with Crippen LogP contribution >= 0.6 is 0 Å². The number of aliphatic carboxylic acids is 1. The summed E-state index contributed by atoms with van der Waals surface area (Å²) in [5, 5.41) is 11.4. The second-order valence-corrected chi connectivity index (χ2v) is 3.02. The molecule has 0 spiro atoms. The van der Waals surface area contributed by atoms with Gasteiger partial charge in [0.15, 0.2) is 0 Å². The molecule has 0 aromatic carbocycles. The number of hydrogen-bond donors (Lipinski definition) is 2. The third-order valence-corrected chi connectivity index (χ3v) is 2.28. The number of nitrogens with one attached hydrogen (secondary N) is 1. The maximum Gasteiger partial charge on any atom is 0.309 e. The van der Waals surface area contributed by atoms with Crippen LogP contribution in [0.2, 0.25) is 0 Å². The summed E-state index contributed by atoms with van der Waals surface area (Å²) in [6.45, 7) is 2.16. The molecule has 1 rings (SSSR count). The summed E-state index contributed by atoms with van der Waals surface area (Å²) in [6, 6.07) is 0. The molecule has 2 unspecified atom stereocenters. The van der Waals surface area contributed by atoms with E-state index in [1.165, 1.54) is 6.92 Å². The fourth-order valence-electron chi connectivity index (χ4n) is 1.27. The van der Waals surface area contributed by atoms with Crippen molar-refractivity contribution in [2.24, 2.45) is 5.92 Å². The minimum absolute atomic E-state index is 0.167. The summed E-state index contributed by atoms with van der Waals surface area (Å²) in [6.07, 6.45) is 0.306. The minimum atomic E-state index is -1.54. The van der Waals surface area contributed by atoms with Crippen molar-refractivity contribution < 1.29 is 14.3 Å². The molecule has 0 amide bonds. The van der Waals surface area contributed by atoms with Crippen LogP contribution in [0.3, 0.4) is 0 Å². The molecule has 0 aromatic heterocycles. The van der Waals surface area contributed by atoms with Crippen LogP contribution in [-0.2, 0) is 4.79 Å². The summed E-state index contributed by atoms with van der Waals surface area (Å²) < 4.78 is 13.5. The van der Waals surface area contributed by atoms with Gasteiger partial charge in [-0.2, -0.15) is 0 Å². The molecule has 11 heavy (non-hydrogen) atoms. The topological polar surface area (TPSA) is 49.3 Å². The molecule has 1 saturated heterocycles. The van der Waals surface area contributed by atoms with Crippen LogP contribution in [0.4, 0.5) is 4.39 Å². The van der Waals surface area contributed by atoms with E-state index in [0.29, 0.717) is 13.0 Å². The van der Waals surface area contributed by atoms with Crippen molar-refractivity contribution in [3.63, 3.8) is 0 Å². The number of halogens is 1. The molecule has 0 aliphatic carbocycles. The first-order chi connectivity index (χ1) is 5.06. The van der Waals surface area contributed by atoms with E-state index in [1.807, 2.05) is 0 Å². The van der Waals surface area contributed by atoms with Gasteiger partial charge in [0, 0.05) is 6.54 Å². The normalized spacial score (nSPS) is 33.6. The van der Waals surface area contributed by atoms with Crippen molar-refractivity contribution in [1.82, 2.24) is 5.32 Å². The summed E-state index contributed by atoms with van der Waals surface area (Å²) in [4.78, 5) is 10.4. The highest BCUT2D eigenvalue weighted by molar-refractivity contribution is 5.71. The third kappa shape index (κ3) is 1.50. The van der Waals surface area contributed by atoms with Crippen LogP contribution in [0, 0.1) is 5.92 Å². The minimum Gasteiger partial charge on any atom is -0.481 e. The van der Waals surface area contributed by atoms with Gasteiger partial charge in [-0.05, 0) is 19.9 Å². The van der Waals surface area contributed by atoms with Gasteiger partial charge in [0.1, 0.15) is 5.67 Å². The van der Waals surface area contributed by atoms with Gasteiger partial charge < -0.3 is 10.4 Å². The van der Waals surface area contributed by atoms with Gasteiger partial charge in [-0.15, -0.1) is 0 Å². The van der Waals surface area contributed by atoms with Crippen LogP contribution in [-0.4, -0.2) is 29.8 Å². The fourth-order valence-corrected chi connectivity index (χ4v) is 1.27. The maximum absolute atomic E-state index is 13.5. The molecule has 0 radical (unpaired) electrons. The molecule has 1 aliphatic heterocycles. The Hall–Kier alpha value is -0.640. The van der Waals surface area contributed by atoms with Gasteiger partial charge in [0.25, 0.3) is 0 Å². The van der Waals surface area contributed by atoms with Gasteiger partial charge in [0.2, 0.25) is 0 Å². The van der Waals surface area contributed by atoms with Crippen molar-refractivity contribution >= 4 is 5.97 Å². The van der Waals surface area contributed by atoms with Crippen LogP contribution in [0.5, 0.6) is 0 Å². The molecule has 2 N–H and O–H groups in total. The Labute approximate surface area is 64.6 Å². The highest BCUT2D eigenvalue weighted by Gasteiger charge is 2.42. The van der Waals surface area contributed by atoms with E-state index >= 15 is 0 Å². The molecule has 3 nitrogen and oxygen atoms in total. The standard InChI is InChI=1S/C7H12FNO2/c1-5(6(10)11)7(8)2-3-9-4-7/h5,9H,2-4H2,1H3,(H,10,11). The number of hydrogen-bond acceptors (Lipinski definition) is 2. The summed E-state index contributed by atoms with van der Waals surface area (Å²) in [7, 11) is 0. The van der Waals surface area contributed by atoms with Crippen molar-refractivity contribution in [2.75, 3.05) is 13.1 Å². The zero-order valence-electron chi connectivity index (χ0n) is 6.43. The smallest absolute Gasteiger partial charge is 0.309 e. The lowest BCUT2D eigenvalue weighted by atomic mass is 9.90. The Balaban J connectivity index is 2.63. The first kappa shape index (κ1) is 8.46. The first-order valence-corrected chi connectivity index (χ1v) is 3.69. The number of carbonyl (C=O) groups is 1. The number of rotatable bonds is 2. The lowest BCUT2D eigenvalue weighted by Crippen LogP contribution is -2.38. The van der Waals surface area contributed by atoms with E-state index in [1.54, 1.807) is 0 Å². The van der Waals surface area contributed by atoms with Crippen molar-refractivity contribution in [3.8, 4) is 0 Å². The highest BCUT2D eigenvalue weighted by atomic mass is 19.1. The quantitative estimate of drug-likeness (QED) is 0.616. The zero-order chi connectivity index (χ0) is 8.48. The van der Waals surface area contributed by atoms with Crippen LogP contribution in [0.1, 0.15) is 13.3 Å². The van der Waals surface area contributed by atoms with E-state index in [2.05, 4.69) is 5.32 Å². The second-order valence-electron chi connectivity index (χ2n) is 3.02. The zero-order valence-corrected chi connectivity index (χ0v) is 6.43. The maximum atomic E-state index is 13.5. The van der Waals surface area contributed by atoms with Crippen LogP contribution in [0.25, 0.3) is 0 Å². The summed E-state index contributed by atoms with van der Waals surface area (Å²) in [5.41, 5.74) is -1.54. The molecule has 1 fully saturated rings. The summed E-state index contributed by atoms with van der Waals surface area (Å²) in [5.74, 6) is -1.96. The molecule has 64 valence electrons. The largest absolute Gasteiger partial charge is 0.481 e. The van der Waals surface area contributed by atoms with Gasteiger partial charge in [-0.1, -0.05) is 0 Å². The first-order valence-electron chi connectivity index (χ1n) is 3.69. The van der Waals surface area contributed by atoms with Gasteiger partial charge in [-0.3, -0.25) is 4.79 Å². The Bertz CT molecular complexity index is 166. The van der Waals surface area contributed by atoms with Crippen molar-refractivity contribution in [3.05, 3.63) is 0 Å². The van der Waals surface area contributed by atoms with E-state index in [-0.39, 0.29) is 6.54 Å². The molecular formula is C7H12FNO2. The Morgan fingerprint density at radius 3 is 2.82 bits per heavy atom. The molecule has 4 heteroatoms. The predicted molar refractivity (Wildman–Crippen MR) is 38.1 cm³/mol. The number of alkyl halides is 1. The van der Waals surface area contributed by atoms with E-state index in [4.69, 9.17) is 5.11 Å². The average molecular weight is 161 g/mol. The predicted octanol–water partition coefficient (Wildman–Crippen LogP) is 0.409. The fraction of sp³-hybridized carbons (Fsp3) is 0.857. The molecule has 1 heterocycles. The molecule has 0 aromatic rings. The van der Waals surface area contributed by atoms with Crippen LogP contribution < -0.4 is 5.32 Å². The van der Waals surface area contributed by atoms with Gasteiger partial charge >= 0.3 is 5.97 Å². The average Bonchev–Trinajstić information content (AvgIpc) is 2.35. The van der Waals surface area contributed by atoms with E-state index < -0.39 is 17.6 Å². The van der Waals surface area contributed by atoms with E-state index in [0.717, 1.165) is 0 Å². The Morgan fingerprint density at radius 2 is 2.45 bits per heavy atom. The Kier molecular flexibility index (Phi) is 2.13. The monoisotopic (exact) mass is 161 g/mol. The third-order valence-electron chi connectivity index (χ3n) is 2.28. The van der Waals surface area contributed by atoms with Crippen LogP contribution in [0.15, 0.2) is 0 Å². The highest BCUT2D eigenvalue weighted by Crippen LogP contribution is 2.28. The second kappa shape index (κ2) is 2.77. The lowest BCUT2D eigenvalue weighted by Gasteiger charge is -2.22. The molecule has 0 saturated carbocycles. The molecule has 2 atom stereocenters. The molecule has 1 aliphatic rings. The van der Waals surface area contributed by atoms with Crippen molar-refractivity contribution in [2.45, 2.75) is 19.0 Å². The molecular weight excluding hydrogens is 149 g/mol. The van der Waals surface area contributed by atoms with Gasteiger partial charge in [-0.25, -0.2) is 4.39 Å². The number of carboxylic acids is 1. The van der Waals surface area contributed by atoms with Crippen molar-refractivity contribution in [1.29, 1.82) is 0 Å². The summed E-state index contributed by atoms with van der Waals surface area (Å²) >= 11 is 0. The Morgan fingerprint density at radius 1 is 1.82 bits per heavy atom. The number of carboxylic acid groups (broad SMARTS) is 1. The lowest BCUT2D eigenvalue weighted by molar-refractivity contribution is -0.146. The SMILES string of the molecule is CC(C(=O)O)C1(F)CCNC1.